The number of alkyl halides is 3. The molecule has 0 aromatic carbocycles. The van der Waals surface area contributed by atoms with Crippen LogP contribution in [0.25, 0.3) is 11.4 Å². The lowest BCUT2D eigenvalue weighted by Gasteiger charge is -2.07. The molecule has 0 atom stereocenters. The van der Waals surface area contributed by atoms with Crippen molar-refractivity contribution in [2.75, 3.05) is 6.54 Å². The summed E-state index contributed by atoms with van der Waals surface area (Å²) in [6.45, 7) is -1.35. The second kappa shape index (κ2) is 6.33. The Balaban J connectivity index is 1.85. The quantitative estimate of drug-likeness (QED) is 0.909. The number of hydrogen-bond donors (Lipinski definition) is 1. The number of nitrogens with one attached hydrogen (secondary N) is 1. The van der Waals surface area contributed by atoms with E-state index in [9.17, 15) is 18.0 Å². The second-order valence-corrected chi connectivity index (χ2v) is 4.15. The lowest BCUT2D eigenvalue weighted by Crippen LogP contribution is -2.33. The van der Waals surface area contributed by atoms with Gasteiger partial charge >= 0.3 is 6.18 Å². The van der Waals surface area contributed by atoms with Gasteiger partial charge in [0, 0.05) is 30.8 Å². The van der Waals surface area contributed by atoms with Gasteiger partial charge in [-0.25, -0.2) is 0 Å². The molecule has 1 N–H and O–H groups in total. The van der Waals surface area contributed by atoms with Crippen LogP contribution in [0, 0.1) is 0 Å². The summed E-state index contributed by atoms with van der Waals surface area (Å²) in [6.07, 6.45) is -1.38. The molecular formula is C12H11F3N4O2. The van der Waals surface area contributed by atoms with Crippen LogP contribution in [0.2, 0.25) is 0 Å². The Labute approximate surface area is 117 Å². The van der Waals surface area contributed by atoms with E-state index in [2.05, 4.69) is 15.1 Å². The van der Waals surface area contributed by atoms with Gasteiger partial charge in [0.2, 0.25) is 17.6 Å². The van der Waals surface area contributed by atoms with Gasteiger partial charge in [-0.05, 0) is 12.1 Å². The Hall–Kier alpha value is -2.45. The lowest BCUT2D eigenvalue weighted by molar-refractivity contribution is -0.138. The van der Waals surface area contributed by atoms with Crippen LogP contribution in [0.1, 0.15) is 12.3 Å². The van der Waals surface area contributed by atoms with Gasteiger partial charge in [0.1, 0.15) is 6.54 Å². The van der Waals surface area contributed by atoms with Crippen molar-refractivity contribution in [2.45, 2.75) is 19.0 Å². The summed E-state index contributed by atoms with van der Waals surface area (Å²) in [6, 6.07) is 3.44. The predicted octanol–water partition coefficient (Wildman–Crippen LogP) is 1.74. The highest BCUT2D eigenvalue weighted by molar-refractivity contribution is 5.76. The van der Waals surface area contributed by atoms with Gasteiger partial charge in [0.25, 0.3) is 0 Å². The Morgan fingerprint density at radius 3 is 2.86 bits per heavy atom. The van der Waals surface area contributed by atoms with Crippen molar-refractivity contribution in [3.8, 4) is 11.4 Å². The standard InChI is InChI=1S/C12H11F3N4O2/c13-12(14,15)7-17-9(20)3-4-10-18-11(19-21-10)8-2-1-5-16-6-8/h1-2,5-6H,3-4,7H2,(H,17,20). The number of aryl methyl sites for hydroxylation is 1. The molecule has 0 radical (unpaired) electrons. The Bertz CT molecular complexity index is 598. The minimum Gasteiger partial charge on any atom is -0.347 e. The van der Waals surface area contributed by atoms with Crippen LogP contribution in [-0.4, -0.2) is 33.8 Å². The molecule has 2 rings (SSSR count). The Kier molecular flexibility index (Phi) is 4.51. The molecule has 1 amide bonds. The third-order valence-electron chi connectivity index (χ3n) is 2.44. The average Bonchev–Trinajstić information content (AvgIpc) is 2.92. The SMILES string of the molecule is O=C(CCc1nc(-c2cccnc2)no1)NCC(F)(F)F. The molecule has 0 bridgehead atoms. The van der Waals surface area contributed by atoms with E-state index in [0.717, 1.165) is 0 Å². The molecular weight excluding hydrogens is 289 g/mol. The summed E-state index contributed by atoms with van der Waals surface area (Å²) < 4.78 is 40.6. The fraction of sp³-hybridized carbons (Fsp3) is 0.333. The average molecular weight is 300 g/mol. The number of amides is 1. The maximum absolute atomic E-state index is 11.9. The molecule has 6 nitrogen and oxygen atoms in total. The normalized spacial score (nSPS) is 11.4. The maximum Gasteiger partial charge on any atom is 0.405 e. The number of carbonyl (C=O) groups excluding carboxylic acids is 1. The van der Waals surface area contributed by atoms with E-state index < -0.39 is 18.6 Å². The van der Waals surface area contributed by atoms with Crippen LogP contribution >= 0.6 is 0 Å². The highest BCUT2D eigenvalue weighted by atomic mass is 19.4. The highest BCUT2D eigenvalue weighted by Crippen LogP contribution is 2.15. The van der Waals surface area contributed by atoms with Gasteiger partial charge in [0.15, 0.2) is 0 Å². The molecule has 2 heterocycles. The fourth-order valence-corrected chi connectivity index (χ4v) is 1.48. The zero-order chi connectivity index (χ0) is 15.3. The summed E-state index contributed by atoms with van der Waals surface area (Å²) in [5, 5.41) is 5.48. The molecule has 2 aromatic heterocycles. The monoisotopic (exact) mass is 300 g/mol. The van der Waals surface area contributed by atoms with Crippen molar-refractivity contribution in [3.05, 3.63) is 30.4 Å². The molecule has 9 heteroatoms. The lowest BCUT2D eigenvalue weighted by atomic mass is 10.2. The largest absolute Gasteiger partial charge is 0.405 e. The van der Waals surface area contributed by atoms with E-state index in [1.165, 1.54) is 0 Å². The van der Waals surface area contributed by atoms with Gasteiger partial charge in [-0.3, -0.25) is 9.78 Å². The number of nitrogens with zero attached hydrogens (tertiary/aromatic N) is 3. The minimum atomic E-state index is -4.42. The zero-order valence-electron chi connectivity index (χ0n) is 10.7. The zero-order valence-corrected chi connectivity index (χ0v) is 10.7. The third-order valence-corrected chi connectivity index (χ3v) is 2.44. The second-order valence-electron chi connectivity index (χ2n) is 4.15. The Morgan fingerprint density at radius 2 is 2.19 bits per heavy atom. The van der Waals surface area contributed by atoms with Crippen LogP contribution in [-0.2, 0) is 11.2 Å². The van der Waals surface area contributed by atoms with Crippen LogP contribution < -0.4 is 5.32 Å². The number of halogens is 3. The van der Waals surface area contributed by atoms with Crippen molar-refractivity contribution in [3.63, 3.8) is 0 Å². The summed E-state index contributed by atoms with van der Waals surface area (Å²) in [5.41, 5.74) is 0.647. The fourth-order valence-electron chi connectivity index (χ4n) is 1.48. The van der Waals surface area contributed by atoms with E-state index in [1.807, 2.05) is 0 Å². The van der Waals surface area contributed by atoms with Crippen LogP contribution in [0.3, 0.4) is 0 Å². The molecule has 21 heavy (non-hydrogen) atoms. The summed E-state index contributed by atoms with van der Waals surface area (Å²) in [5.74, 6) is -0.238. The molecule has 0 saturated heterocycles. The van der Waals surface area contributed by atoms with E-state index in [-0.39, 0.29) is 18.7 Å². The number of pyridine rings is 1. The molecule has 0 aliphatic heterocycles. The van der Waals surface area contributed by atoms with E-state index >= 15 is 0 Å². The molecule has 0 spiro atoms. The topological polar surface area (TPSA) is 80.9 Å². The molecule has 112 valence electrons. The summed E-state index contributed by atoms with van der Waals surface area (Å²) in [4.78, 5) is 19.2. The van der Waals surface area contributed by atoms with Gasteiger partial charge in [-0.2, -0.15) is 18.2 Å². The first-order valence-corrected chi connectivity index (χ1v) is 6.00. The molecule has 0 aliphatic carbocycles. The number of rotatable bonds is 5. The van der Waals surface area contributed by atoms with Gasteiger partial charge in [-0.15, -0.1) is 0 Å². The minimum absolute atomic E-state index is 0.0664. The van der Waals surface area contributed by atoms with Crippen molar-refractivity contribution < 1.29 is 22.5 Å². The smallest absolute Gasteiger partial charge is 0.347 e. The third kappa shape index (κ3) is 4.86. The van der Waals surface area contributed by atoms with Crippen LogP contribution in [0.5, 0.6) is 0 Å². The van der Waals surface area contributed by atoms with Gasteiger partial charge in [-0.1, -0.05) is 5.16 Å². The molecule has 0 unspecified atom stereocenters. The number of hydrogen-bond acceptors (Lipinski definition) is 5. The van der Waals surface area contributed by atoms with Crippen molar-refractivity contribution in [1.29, 1.82) is 0 Å². The highest BCUT2D eigenvalue weighted by Gasteiger charge is 2.27. The van der Waals surface area contributed by atoms with E-state index in [1.54, 1.807) is 29.8 Å². The van der Waals surface area contributed by atoms with E-state index in [0.29, 0.717) is 11.4 Å². The first-order chi connectivity index (χ1) is 9.94. The van der Waals surface area contributed by atoms with Crippen LogP contribution in [0.4, 0.5) is 13.2 Å². The van der Waals surface area contributed by atoms with Crippen LogP contribution in [0.15, 0.2) is 29.0 Å². The van der Waals surface area contributed by atoms with Gasteiger partial charge < -0.3 is 9.84 Å². The predicted molar refractivity (Wildman–Crippen MR) is 64.9 cm³/mol. The number of carbonyl (C=O) groups is 1. The summed E-state index contributed by atoms with van der Waals surface area (Å²) >= 11 is 0. The molecule has 0 saturated carbocycles. The molecule has 2 aromatic rings. The summed E-state index contributed by atoms with van der Waals surface area (Å²) in [7, 11) is 0. The van der Waals surface area contributed by atoms with Crippen molar-refractivity contribution in [1.82, 2.24) is 20.4 Å². The van der Waals surface area contributed by atoms with Crippen molar-refractivity contribution >= 4 is 5.91 Å². The van der Waals surface area contributed by atoms with Crippen molar-refractivity contribution in [2.24, 2.45) is 0 Å². The molecule has 0 fully saturated rings. The number of aromatic nitrogens is 3. The first kappa shape index (κ1) is 14.9. The molecule has 0 aliphatic rings. The maximum atomic E-state index is 11.9. The van der Waals surface area contributed by atoms with E-state index in [4.69, 9.17) is 4.52 Å². The Morgan fingerprint density at radius 1 is 1.38 bits per heavy atom. The van der Waals surface area contributed by atoms with Gasteiger partial charge in [0.05, 0.1) is 0 Å². The first-order valence-electron chi connectivity index (χ1n) is 6.00.